The summed E-state index contributed by atoms with van der Waals surface area (Å²) in [5.74, 6) is 5.81. The third-order valence-corrected chi connectivity index (χ3v) is 3.54. The van der Waals surface area contributed by atoms with Crippen LogP contribution >= 0.6 is 0 Å². The van der Waals surface area contributed by atoms with E-state index in [9.17, 15) is 9.59 Å². The standard InChI is InChI=1S/C20H34O4/c1-5-13-18(6-2)24-20(22)15-12-10-8-7-9-11-14-19(21)23-16-17(3)4/h17-18H,6-12,14-16H2,1-4H3. The molecule has 0 bridgehead atoms. The lowest BCUT2D eigenvalue weighted by molar-refractivity contribution is -0.147. The van der Waals surface area contributed by atoms with Crippen molar-refractivity contribution in [3.8, 4) is 11.8 Å². The van der Waals surface area contributed by atoms with Crippen molar-refractivity contribution in [3.63, 3.8) is 0 Å². The first-order valence-corrected chi connectivity index (χ1v) is 9.26. The zero-order valence-corrected chi connectivity index (χ0v) is 15.9. The number of hydrogen-bond acceptors (Lipinski definition) is 4. The van der Waals surface area contributed by atoms with E-state index in [0.717, 1.165) is 44.9 Å². The Hall–Kier alpha value is -1.50. The quantitative estimate of drug-likeness (QED) is 0.279. The van der Waals surface area contributed by atoms with E-state index in [4.69, 9.17) is 9.47 Å². The highest BCUT2D eigenvalue weighted by atomic mass is 16.5. The van der Waals surface area contributed by atoms with E-state index in [1.807, 2.05) is 20.8 Å². The summed E-state index contributed by atoms with van der Waals surface area (Å²) in [6, 6.07) is 0. The topological polar surface area (TPSA) is 52.6 Å². The highest BCUT2D eigenvalue weighted by Crippen LogP contribution is 2.10. The van der Waals surface area contributed by atoms with Gasteiger partial charge in [-0.25, -0.2) is 0 Å². The number of esters is 2. The molecular formula is C20H34O4. The lowest BCUT2D eigenvalue weighted by Crippen LogP contribution is -2.15. The van der Waals surface area contributed by atoms with Crippen LogP contribution in [0.5, 0.6) is 0 Å². The summed E-state index contributed by atoms with van der Waals surface area (Å²) >= 11 is 0. The molecule has 138 valence electrons. The van der Waals surface area contributed by atoms with Gasteiger partial charge in [-0.05, 0) is 32.1 Å². The molecule has 4 heteroatoms. The zero-order chi connectivity index (χ0) is 18.2. The molecule has 0 aromatic rings. The van der Waals surface area contributed by atoms with Gasteiger partial charge >= 0.3 is 11.9 Å². The maximum absolute atomic E-state index is 11.7. The summed E-state index contributed by atoms with van der Waals surface area (Å²) < 4.78 is 10.4. The van der Waals surface area contributed by atoms with Crippen molar-refractivity contribution in [2.75, 3.05) is 6.61 Å². The minimum atomic E-state index is -0.266. The van der Waals surface area contributed by atoms with Crippen molar-refractivity contribution >= 4 is 11.9 Å². The van der Waals surface area contributed by atoms with Crippen molar-refractivity contribution in [2.45, 2.75) is 91.6 Å². The van der Waals surface area contributed by atoms with Crippen LogP contribution < -0.4 is 0 Å². The number of rotatable bonds is 13. The van der Waals surface area contributed by atoms with Crippen LogP contribution in [0.2, 0.25) is 0 Å². The smallest absolute Gasteiger partial charge is 0.307 e. The summed E-state index contributed by atoms with van der Waals surface area (Å²) in [4.78, 5) is 23.1. The van der Waals surface area contributed by atoms with Gasteiger partial charge in [-0.2, -0.15) is 0 Å². The predicted octanol–water partition coefficient (Wildman–Crippen LogP) is 4.65. The van der Waals surface area contributed by atoms with E-state index < -0.39 is 0 Å². The summed E-state index contributed by atoms with van der Waals surface area (Å²) in [6.07, 6.45) is 7.39. The molecule has 0 saturated carbocycles. The van der Waals surface area contributed by atoms with Crippen LogP contribution in [0.15, 0.2) is 0 Å². The maximum atomic E-state index is 11.7. The Kier molecular flexibility index (Phi) is 14.1. The molecule has 4 nitrogen and oxygen atoms in total. The van der Waals surface area contributed by atoms with E-state index in [1.54, 1.807) is 6.92 Å². The Balaban J connectivity index is 3.48. The van der Waals surface area contributed by atoms with Crippen molar-refractivity contribution < 1.29 is 19.1 Å². The molecule has 0 heterocycles. The van der Waals surface area contributed by atoms with Gasteiger partial charge in [0.15, 0.2) is 6.10 Å². The van der Waals surface area contributed by atoms with Crippen LogP contribution in [0.25, 0.3) is 0 Å². The van der Waals surface area contributed by atoms with Gasteiger partial charge in [-0.3, -0.25) is 9.59 Å². The Morgan fingerprint density at radius 1 is 0.917 bits per heavy atom. The molecule has 1 unspecified atom stereocenters. The average Bonchev–Trinajstić information content (AvgIpc) is 2.54. The first-order chi connectivity index (χ1) is 11.5. The molecule has 0 aliphatic heterocycles. The van der Waals surface area contributed by atoms with Crippen LogP contribution in [-0.2, 0) is 19.1 Å². The number of hydrogen-bond donors (Lipinski definition) is 0. The number of unbranched alkanes of at least 4 members (excludes halogenated alkanes) is 5. The summed E-state index contributed by atoms with van der Waals surface area (Å²) in [5, 5.41) is 0. The fourth-order valence-corrected chi connectivity index (χ4v) is 2.17. The monoisotopic (exact) mass is 338 g/mol. The highest BCUT2D eigenvalue weighted by molar-refractivity contribution is 5.69. The van der Waals surface area contributed by atoms with Gasteiger partial charge in [-0.15, -0.1) is 5.92 Å². The van der Waals surface area contributed by atoms with Crippen LogP contribution in [-0.4, -0.2) is 24.6 Å². The summed E-state index contributed by atoms with van der Waals surface area (Å²) in [7, 11) is 0. The van der Waals surface area contributed by atoms with Crippen molar-refractivity contribution in [2.24, 2.45) is 5.92 Å². The number of ether oxygens (including phenoxy) is 2. The molecule has 0 saturated heterocycles. The van der Waals surface area contributed by atoms with Crippen LogP contribution in [0.4, 0.5) is 0 Å². The molecule has 0 fully saturated rings. The first-order valence-electron chi connectivity index (χ1n) is 9.26. The molecule has 0 aromatic heterocycles. The van der Waals surface area contributed by atoms with Crippen LogP contribution in [0.1, 0.15) is 85.5 Å². The second kappa shape index (κ2) is 15.1. The van der Waals surface area contributed by atoms with Gasteiger partial charge in [0.2, 0.25) is 0 Å². The van der Waals surface area contributed by atoms with Crippen molar-refractivity contribution in [3.05, 3.63) is 0 Å². The lowest BCUT2D eigenvalue weighted by Gasteiger charge is -2.10. The van der Waals surface area contributed by atoms with Crippen LogP contribution in [0, 0.1) is 17.8 Å². The molecule has 0 N–H and O–H groups in total. The SMILES string of the molecule is CC#CC(CC)OC(=O)CCCCCCCCC(=O)OCC(C)C. The first kappa shape index (κ1) is 22.5. The molecule has 0 aromatic carbocycles. The third kappa shape index (κ3) is 14.1. The molecular weight excluding hydrogens is 304 g/mol. The Bertz CT molecular complexity index is 404. The van der Waals surface area contributed by atoms with E-state index in [0.29, 0.717) is 25.4 Å². The normalized spacial score (nSPS) is 11.5. The van der Waals surface area contributed by atoms with E-state index in [-0.39, 0.29) is 18.0 Å². The Morgan fingerprint density at radius 2 is 1.46 bits per heavy atom. The Labute approximate surface area is 147 Å². The van der Waals surface area contributed by atoms with Gasteiger partial charge in [0.1, 0.15) is 0 Å². The zero-order valence-electron chi connectivity index (χ0n) is 15.9. The summed E-state index contributed by atoms with van der Waals surface area (Å²) in [6.45, 7) is 8.28. The maximum Gasteiger partial charge on any atom is 0.307 e. The van der Waals surface area contributed by atoms with E-state index in [1.165, 1.54) is 0 Å². The van der Waals surface area contributed by atoms with Crippen molar-refractivity contribution in [1.29, 1.82) is 0 Å². The van der Waals surface area contributed by atoms with Gasteiger partial charge in [0.25, 0.3) is 0 Å². The molecule has 0 aliphatic carbocycles. The molecule has 0 rings (SSSR count). The highest BCUT2D eigenvalue weighted by Gasteiger charge is 2.09. The predicted molar refractivity (Wildman–Crippen MR) is 96.4 cm³/mol. The second-order valence-electron chi connectivity index (χ2n) is 6.48. The third-order valence-electron chi connectivity index (χ3n) is 3.54. The van der Waals surface area contributed by atoms with Crippen molar-refractivity contribution in [1.82, 2.24) is 0 Å². The van der Waals surface area contributed by atoms with Gasteiger partial charge < -0.3 is 9.47 Å². The minimum absolute atomic E-state index is 0.0906. The fraction of sp³-hybridized carbons (Fsp3) is 0.800. The van der Waals surface area contributed by atoms with E-state index >= 15 is 0 Å². The molecule has 1 atom stereocenters. The fourth-order valence-electron chi connectivity index (χ4n) is 2.17. The minimum Gasteiger partial charge on any atom is -0.465 e. The number of carbonyl (C=O) groups is 2. The molecule has 0 radical (unpaired) electrons. The number of carbonyl (C=O) groups excluding carboxylic acids is 2. The van der Waals surface area contributed by atoms with Gasteiger partial charge in [0.05, 0.1) is 6.61 Å². The molecule has 0 aliphatic rings. The Morgan fingerprint density at radius 3 is 1.96 bits per heavy atom. The molecule has 0 spiro atoms. The second-order valence-corrected chi connectivity index (χ2v) is 6.48. The van der Waals surface area contributed by atoms with Gasteiger partial charge in [0, 0.05) is 12.8 Å². The average molecular weight is 338 g/mol. The lowest BCUT2D eigenvalue weighted by atomic mass is 10.1. The molecule has 0 amide bonds. The molecule has 24 heavy (non-hydrogen) atoms. The van der Waals surface area contributed by atoms with Gasteiger partial charge in [-0.1, -0.05) is 52.4 Å². The largest absolute Gasteiger partial charge is 0.465 e. The van der Waals surface area contributed by atoms with Crippen LogP contribution in [0.3, 0.4) is 0 Å². The van der Waals surface area contributed by atoms with E-state index in [2.05, 4.69) is 11.8 Å². The summed E-state index contributed by atoms with van der Waals surface area (Å²) in [5.41, 5.74) is 0.